The van der Waals surface area contributed by atoms with E-state index in [4.69, 9.17) is 4.74 Å². The summed E-state index contributed by atoms with van der Waals surface area (Å²) in [4.78, 5) is 4.56. The van der Waals surface area contributed by atoms with Crippen LogP contribution in [0.4, 0.5) is 13.2 Å². The van der Waals surface area contributed by atoms with E-state index in [1.807, 2.05) is 32.0 Å². The van der Waals surface area contributed by atoms with Gasteiger partial charge in [0.2, 0.25) is 0 Å². The van der Waals surface area contributed by atoms with Gasteiger partial charge in [-0.25, -0.2) is 0 Å². The summed E-state index contributed by atoms with van der Waals surface area (Å²) >= 11 is 0. The van der Waals surface area contributed by atoms with Gasteiger partial charge in [0.1, 0.15) is 11.4 Å². The molecule has 0 aromatic heterocycles. The fourth-order valence-corrected chi connectivity index (χ4v) is 2.13. The van der Waals surface area contributed by atoms with Gasteiger partial charge in [-0.05, 0) is 19.9 Å². The van der Waals surface area contributed by atoms with Gasteiger partial charge in [0.25, 0.3) is 0 Å². The SMILES string of the molecule is CC1(C)CC(NOCC(F)(F)F)c2ccccc2O1. The van der Waals surface area contributed by atoms with Crippen LogP contribution in [-0.4, -0.2) is 18.4 Å². The highest BCUT2D eigenvalue weighted by Gasteiger charge is 2.35. The van der Waals surface area contributed by atoms with Gasteiger partial charge in [-0.3, -0.25) is 4.84 Å². The first kappa shape index (κ1) is 14.1. The molecule has 6 heteroatoms. The molecule has 1 heterocycles. The zero-order valence-electron chi connectivity index (χ0n) is 10.8. The summed E-state index contributed by atoms with van der Waals surface area (Å²) in [5, 5.41) is 0. The summed E-state index contributed by atoms with van der Waals surface area (Å²) in [5.74, 6) is 0.673. The van der Waals surface area contributed by atoms with Gasteiger partial charge >= 0.3 is 6.18 Å². The summed E-state index contributed by atoms with van der Waals surface area (Å²) in [6.07, 6.45) is -3.81. The number of hydrogen-bond acceptors (Lipinski definition) is 3. The Morgan fingerprint density at radius 2 is 2.05 bits per heavy atom. The average molecular weight is 275 g/mol. The van der Waals surface area contributed by atoms with Crippen LogP contribution in [0.15, 0.2) is 24.3 Å². The number of alkyl halides is 3. The zero-order valence-corrected chi connectivity index (χ0v) is 10.8. The molecule has 0 saturated carbocycles. The topological polar surface area (TPSA) is 30.5 Å². The lowest BCUT2D eigenvalue weighted by Crippen LogP contribution is -2.40. The minimum absolute atomic E-state index is 0.317. The Bertz CT molecular complexity index is 446. The minimum atomic E-state index is -4.34. The third-order valence-corrected chi connectivity index (χ3v) is 2.84. The van der Waals surface area contributed by atoms with Crippen LogP contribution in [0.1, 0.15) is 31.9 Å². The van der Waals surface area contributed by atoms with Crippen LogP contribution in [0.25, 0.3) is 0 Å². The Kier molecular flexibility index (Phi) is 3.73. The third kappa shape index (κ3) is 3.84. The van der Waals surface area contributed by atoms with Gasteiger partial charge in [0.15, 0.2) is 6.61 Å². The van der Waals surface area contributed by atoms with Crippen molar-refractivity contribution < 1.29 is 22.7 Å². The van der Waals surface area contributed by atoms with Gasteiger partial charge in [-0.1, -0.05) is 18.2 Å². The second-order valence-electron chi connectivity index (χ2n) is 5.18. The van der Waals surface area contributed by atoms with Crippen LogP contribution in [0.2, 0.25) is 0 Å². The van der Waals surface area contributed by atoms with E-state index < -0.39 is 18.4 Å². The number of benzene rings is 1. The first-order valence-corrected chi connectivity index (χ1v) is 5.99. The van der Waals surface area contributed by atoms with Gasteiger partial charge in [-0.15, -0.1) is 0 Å². The fourth-order valence-electron chi connectivity index (χ4n) is 2.13. The third-order valence-electron chi connectivity index (χ3n) is 2.84. The number of hydroxylamine groups is 1. The maximum absolute atomic E-state index is 12.1. The van der Waals surface area contributed by atoms with E-state index >= 15 is 0 Å². The largest absolute Gasteiger partial charge is 0.487 e. The molecule has 0 amide bonds. The van der Waals surface area contributed by atoms with E-state index in [0.29, 0.717) is 12.2 Å². The highest BCUT2D eigenvalue weighted by molar-refractivity contribution is 5.38. The predicted octanol–water partition coefficient (Wildman–Crippen LogP) is 3.37. The molecule has 0 bridgehead atoms. The van der Waals surface area contributed by atoms with Crippen molar-refractivity contribution in [2.45, 2.75) is 38.1 Å². The van der Waals surface area contributed by atoms with Crippen LogP contribution < -0.4 is 10.2 Å². The van der Waals surface area contributed by atoms with Crippen molar-refractivity contribution in [3.8, 4) is 5.75 Å². The Labute approximate surface area is 109 Å². The number of rotatable bonds is 3. The van der Waals surface area contributed by atoms with Crippen molar-refractivity contribution in [3.05, 3.63) is 29.8 Å². The molecule has 0 radical (unpaired) electrons. The number of ether oxygens (including phenoxy) is 1. The van der Waals surface area contributed by atoms with Crippen molar-refractivity contribution >= 4 is 0 Å². The predicted molar refractivity (Wildman–Crippen MR) is 63.6 cm³/mol. The van der Waals surface area contributed by atoms with Crippen molar-refractivity contribution in [3.63, 3.8) is 0 Å². The molecule has 0 saturated heterocycles. The summed E-state index contributed by atoms with van der Waals surface area (Å²) < 4.78 is 42.0. The lowest BCUT2D eigenvalue weighted by molar-refractivity contribution is -0.195. The van der Waals surface area contributed by atoms with Crippen molar-refractivity contribution in [1.29, 1.82) is 0 Å². The van der Waals surface area contributed by atoms with Crippen LogP contribution in [0.3, 0.4) is 0 Å². The molecular weight excluding hydrogens is 259 g/mol. The van der Waals surface area contributed by atoms with Crippen molar-refractivity contribution in [1.82, 2.24) is 5.48 Å². The molecular formula is C13H16F3NO2. The van der Waals surface area contributed by atoms with E-state index in [1.54, 1.807) is 6.07 Å². The average Bonchev–Trinajstić information content (AvgIpc) is 2.25. The molecule has 3 nitrogen and oxygen atoms in total. The van der Waals surface area contributed by atoms with Gasteiger partial charge in [0, 0.05) is 12.0 Å². The van der Waals surface area contributed by atoms with Crippen LogP contribution in [-0.2, 0) is 4.84 Å². The lowest BCUT2D eigenvalue weighted by Gasteiger charge is -2.37. The van der Waals surface area contributed by atoms with Gasteiger partial charge in [-0.2, -0.15) is 18.7 Å². The summed E-state index contributed by atoms with van der Waals surface area (Å²) in [6.45, 7) is 2.47. The zero-order chi connectivity index (χ0) is 14.1. The van der Waals surface area contributed by atoms with Gasteiger partial charge in [0.05, 0.1) is 6.04 Å². The number of para-hydroxylation sites is 1. The molecule has 1 aromatic carbocycles. The smallest absolute Gasteiger partial charge is 0.413 e. The van der Waals surface area contributed by atoms with Crippen LogP contribution >= 0.6 is 0 Å². The maximum Gasteiger partial charge on any atom is 0.413 e. The maximum atomic E-state index is 12.1. The highest BCUT2D eigenvalue weighted by atomic mass is 19.4. The monoisotopic (exact) mass is 275 g/mol. The molecule has 1 atom stereocenters. The lowest BCUT2D eigenvalue weighted by atomic mass is 9.90. The normalized spacial score (nSPS) is 21.6. The van der Waals surface area contributed by atoms with Crippen LogP contribution in [0, 0.1) is 0 Å². The first-order valence-electron chi connectivity index (χ1n) is 5.99. The summed E-state index contributed by atoms with van der Waals surface area (Å²) in [7, 11) is 0. The summed E-state index contributed by atoms with van der Waals surface area (Å²) in [6, 6.07) is 6.95. The molecule has 1 aliphatic heterocycles. The van der Waals surface area contributed by atoms with E-state index in [2.05, 4.69) is 10.3 Å². The molecule has 19 heavy (non-hydrogen) atoms. The Hall–Kier alpha value is -1.27. The van der Waals surface area contributed by atoms with E-state index in [0.717, 1.165) is 5.56 Å². The number of fused-ring (bicyclic) bond motifs is 1. The molecule has 0 fully saturated rings. The summed E-state index contributed by atoms with van der Waals surface area (Å²) in [5.41, 5.74) is 2.85. The van der Waals surface area contributed by atoms with E-state index in [-0.39, 0.29) is 6.04 Å². The first-order chi connectivity index (χ1) is 8.77. The number of hydrogen-bond donors (Lipinski definition) is 1. The number of nitrogens with one attached hydrogen (secondary N) is 1. The van der Waals surface area contributed by atoms with Gasteiger partial charge < -0.3 is 4.74 Å². The van der Waals surface area contributed by atoms with E-state index in [1.165, 1.54) is 0 Å². The minimum Gasteiger partial charge on any atom is -0.487 e. The van der Waals surface area contributed by atoms with Crippen LogP contribution in [0.5, 0.6) is 5.75 Å². The second kappa shape index (κ2) is 5.02. The standard InChI is InChI=1S/C13H16F3NO2/c1-12(2)7-10(17-18-8-13(14,15)16)9-5-3-4-6-11(9)19-12/h3-6,10,17H,7-8H2,1-2H3. The molecule has 0 aliphatic carbocycles. The quantitative estimate of drug-likeness (QED) is 0.858. The molecule has 1 aliphatic rings. The molecule has 106 valence electrons. The molecule has 2 rings (SSSR count). The molecule has 1 N–H and O–H groups in total. The Morgan fingerprint density at radius 1 is 1.37 bits per heavy atom. The molecule has 1 aromatic rings. The van der Waals surface area contributed by atoms with E-state index in [9.17, 15) is 13.2 Å². The fraction of sp³-hybridized carbons (Fsp3) is 0.538. The molecule has 1 unspecified atom stereocenters. The van der Waals surface area contributed by atoms with Crippen molar-refractivity contribution in [2.24, 2.45) is 0 Å². The Morgan fingerprint density at radius 3 is 2.74 bits per heavy atom. The molecule has 0 spiro atoms. The Balaban J connectivity index is 2.08. The number of halogens is 3. The van der Waals surface area contributed by atoms with Crippen molar-refractivity contribution in [2.75, 3.05) is 6.61 Å². The second-order valence-corrected chi connectivity index (χ2v) is 5.18. The highest BCUT2D eigenvalue weighted by Crippen LogP contribution is 2.39.